The van der Waals surface area contributed by atoms with E-state index < -0.39 is 112 Å². The molecule has 2 aromatic heterocycles. The predicted molar refractivity (Wildman–Crippen MR) is 467 cm³/mol. The zero-order valence-electron chi connectivity index (χ0n) is 68.2. The number of fused-ring (bicyclic) bond motifs is 1. The topological polar surface area (TPSA) is 584 Å². The summed E-state index contributed by atoms with van der Waals surface area (Å²) in [6.45, 7) is 108. The number of benzene rings is 6. The number of ketones is 2. The van der Waals surface area contributed by atoms with E-state index in [1.165, 1.54) is 36.4 Å². The van der Waals surface area contributed by atoms with Crippen LogP contribution < -0.4 is 42.3 Å². The number of nitriles is 18. The van der Waals surface area contributed by atoms with Crippen molar-refractivity contribution in [1.82, 2.24) is 19.9 Å². The number of Topliss-reactive ketones (excluding diaryl/α,β-unsaturated/α-hetero) is 2. The summed E-state index contributed by atoms with van der Waals surface area (Å²) in [6.07, 6.45) is 0. The first-order valence-electron chi connectivity index (χ1n) is 34.6. The Morgan fingerprint density at radius 3 is 0.971 bits per heavy atom. The first-order valence-corrected chi connectivity index (χ1v) is 35.4. The normalized spacial score (nSPS) is 10.2. The fraction of sp³-hybridized carbons (Fsp3) is 0. The molecule has 634 valence electrons. The fourth-order valence-electron chi connectivity index (χ4n) is 10.2. The maximum Gasteiger partial charge on any atom is 0.564 e. The molecule has 46 heteroatoms. The molecular weight excluding hydrogens is 1840 g/mol. The highest BCUT2D eigenvalue weighted by molar-refractivity contribution is 6.59. The lowest BCUT2D eigenvalue weighted by Gasteiger charge is -2.08. The van der Waals surface area contributed by atoms with Gasteiger partial charge in [0.1, 0.15) is 195 Å². The molecule has 0 spiro atoms. The zero-order valence-corrected chi connectivity index (χ0v) is 69.7. The molecule has 2 heterocycles. The summed E-state index contributed by atoms with van der Waals surface area (Å²) in [5.74, 6) is -12.3. The minimum absolute atomic E-state index is 0.0127. The van der Waals surface area contributed by atoms with Crippen molar-refractivity contribution < 1.29 is 27.2 Å². The standard InChI is InChI=1S/C18H4N8.C16H6N4.C12F4N4.C12N6.C12H4N4.C10N6.C8Cl2N2O2.C6N4/c1-21-17(22-2)18-25-12-5-3-10-14-11(4-6-13(26-18)15(12)14)24-16(23-10)9(7-19)8-20;1-19-16(20-2)14-6-5-11-7-13(15(9-17)10-18)4-3-12(11)8-14;1-19-12(20-2)7-10(15)8(13)6(5(3-17)4-18)9(14)11(7)16;1-17-8(5-15)11-10(7(3-13)4-14)12(11)9(6-16)18-2;1-15-12(16-2)10-5-3-9(4-6-10)11(7-13)8-14;1-14-9(7(4-11)5-12)8(6-13)10(15-2)16-3;1-12-6-3(2-11)7(13)4(9)5(10)8(6)14;1-9-6(10-2)5(3-7)4-8/h3-6H;3-8H;;;3-6H;;;/b;;;11-8-,12-9-;;;;. The lowest BCUT2D eigenvalue weighted by Crippen LogP contribution is -2.30. The van der Waals surface area contributed by atoms with Crippen LogP contribution in [0.4, 0.5) is 17.6 Å². The van der Waals surface area contributed by atoms with Gasteiger partial charge in [0.15, 0.2) is 39.9 Å². The maximum absolute atomic E-state index is 13.6. The van der Waals surface area contributed by atoms with Crippen molar-refractivity contribution in [3.63, 3.8) is 0 Å². The number of hydrogen-bond donors (Lipinski definition) is 0. The molecule has 0 bridgehead atoms. The molecule has 2 aliphatic carbocycles. The lowest BCUT2D eigenvalue weighted by atomic mass is 10.0. The second-order valence-corrected chi connectivity index (χ2v) is 24.1. The third-order valence-electron chi connectivity index (χ3n) is 16.3. The Bertz CT molecular complexity index is 8570. The van der Waals surface area contributed by atoms with E-state index in [1.54, 1.807) is 133 Å². The van der Waals surface area contributed by atoms with Crippen LogP contribution in [0.1, 0.15) is 0 Å². The summed E-state index contributed by atoms with van der Waals surface area (Å²) in [5, 5.41) is 157. The molecule has 0 unspecified atom stereocenters. The van der Waals surface area contributed by atoms with E-state index in [1.807, 2.05) is 12.1 Å². The Labute approximate surface area is 792 Å². The largest absolute Gasteiger partial charge is 0.564 e. The van der Waals surface area contributed by atoms with Gasteiger partial charge in [0.25, 0.3) is 17.1 Å². The van der Waals surface area contributed by atoms with Crippen LogP contribution in [0.2, 0.25) is 0 Å². The van der Waals surface area contributed by atoms with Gasteiger partial charge in [-0.25, -0.2) is 67.4 Å². The molecular formula is C94H14Cl2F4N38O2. The minimum atomic E-state index is -2.01. The summed E-state index contributed by atoms with van der Waals surface area (Å²) in [7, 11) is 0. The van der Waals surface area contributed by atoms with Crippen LogP contribution in [-0.4, -0.2) is 31.5 Å². The zero-order chi connectivity index (χ0) is 105. The summed E-state index contributed by atoms with van der Waals surface area (Å²) in [4.78, 5) is 85.8. The van der Waals surface area contributed by atoms with E-state index in [9.17, 15) is 27.2 Å². The van der Waals surface area contributed by atoms with Gasteiger partial charge in [0.2, 0.25) is 28.3 Å². The van der Waals surface area contributed by atoms with Gasteiger partial charge < -0.3 is 4.79 Å². The smallest absolute Gasteiger partial charge is 0.301 e. The Morgan fingerprint density at radius 2 is 0.643 bits per heavy atom. The molecule has 10 rings (SSSR count). The van der Waals surface area contributed by atoms with Crippen LogP contribution in [0, 0.1) is 332 Å². The number of carbonyl (C=O) groups excluding carboxylic acids is 2. The number of allylic oxidation sites excluding steroid dienone is 12. The average molecular weight is 1850 g/mol. The van der Waals surface area contributed by atoms with Crippen molar-refractivity contribution in [2.24, 2.45) is 0 Å². The molecule has 1 fully saturated rings. The molecule has 6 aromatic carbocycles. The first kappa shape index (κ1) is 108. The van der Waals surface area contributed by atoms with E-state index >= 15 is 0 Å². The van der Waals surface area contributed by atoms with Gasteiger partial charge in [0, 0.05) is 21.2 Å². The molecule has 0 N–H and O–H groups in total. The summed E-state index contributed by atoms with van der Waals surface area (Å²) in [6, 6.07) is 51.6. The van der Waals surface area contributed by atoms with Gasteiger partial charge in [0.05, 0.1) is 105 Å². The molecule has 8 aromatic rings. The summed E-state index contributed by atoms with van der Waals surface area (Å²) < 4.78 is 54.6. The van der Waals surface area contributed by atoms with Crippen LogP contribution in [0.25, 0.3) is 167 Å². The molecule has 0 saturated heterocycles. The molecule has 140 heavy (non-hydrogen) atoms. The van der Waals surface area contributed by atoms with Crippen LogP contribution in [0.15, 0.2) is 174 Å². The second-order valence-electron chi connectivity index (χ2n) is 23.3. The Hall–Kier alpha value is -26.0. The van der Waals surface area contributed by atoms with E-state index in [0.29, 0.717) is 53.7 Å². The average Bonchev–Trinajstić information content (AvgIpc) is 1.28. The quantitative estimate of drug-likeness (QED) is 0.0280. The van der Waals surface area contributed by atoms with Gasteiger partial charge in [-0.05, 0) is 63.9 Å². The number of rotatable bonds is 1. The van der Waals surface area contributed by atoms with Gasteiger partial charge in [-0.1, -0.05) is 71.7 Å². The summed E-state index contributed by atoms with van der Waals surface area (Å²) in [5.41, 5.74) is -2.94. The summed E-state index contributed by atoms with van der Waals surface area (Å²) >= 11 is 10.8. The number of carbonyl (C=O) groups is 2. The number of aromatic nitrogens is 4. The van der Waals surface area contributed by atoms with E-state index in [0.717, 1.165) is 22.9 Å². The van der Waals surface area contributed by atoms with Crippen molar-refractivity contribution in [3.8, 4) is 109 Å². The third-order valence-corrected chi connectivity index (χ3v) is 17.1. The highest BCUT2D eigenvalue weighted by atomic mass is 35.5. The number of hydrogen-bond acceptors (Lipinski definition) is 24. The van der Waals surface area contributed by atoms with Crippen molar-refractivity contribution in [3.05, 3.63) is 422 Å². The van der Waals surface area contributed by atoms with Gasteiger partial charge in [-0.15, -0.1) is 0 Å². The fourth-order valence-corrected chi connectivity index (χ4v) is 10.5. The molecule has 40 nitrogen and oxygen atoms in total. The van der Waals surface area contributed by atoms with Crippen LogP contribution in [0.5, 0.6) is 0 Å². The second kappa shape index (κ2) is 52.7. The van der Waals surface area contributed by atoms with E-state index in [-0.39, 0.29) is 78.8 Å². The van der Waals surface area contributed by atoms with Crippen LogP contribution in [0.3, 0.4) is 0 Å². The maximum atomic E-state index is 13.6. The van der Waals surface area contributed by atoms with Crippen LogP contribution in [-0.2, 0) is 9.59 Å². The molecule has 1 saturated carbocycles. The molecule has 2 aliphatic rings. The Balaban J connectivity index is 0.000000417. The third kappa shape index (κ3) is 24.3. The van der Waals surface area contributed by atoms with Crippen molar-refractivity contribution in [2.45, 2.75) is 0 Å². The van der Waals surface area contributed by atoms with Gasteiger partial charge in [-0.3, -0.25) is 4.79 Å². The number of halogens is 6. The number of nitrogens with zero attached hydrogens (tertiary/aromatic N) is 38. The van der Waals surface area contributed by atoms with Crippen LogP contribution >= 0.6 is 23.2 Å². The predicted octanol–water partition coefficient (Wildman–Crippen LogP) is 11.5. The van der Waals surface area contributed by atoms with Gasteiger partial charge in [-0.2, -0.15) is 142 Å². The molecule has 0 radical (unpaired) electrons. The van der Waals surface area contributed by atoms with Gasteiger partial charge >= 0.3 is 34.9 Å². The minimum Gasteiger partial charge on any atom is -0.301 e. The monoisotopic (exact) mass is 1850 g/mol. The SMILES string of the molecule is [C-]#[N+]/C(C#N)=C1/C(=C(C#N)C#N)/C1=C(\C#N)[N+]#[C-].[C-]#[N+]C([N+]#[C-])=C(C#N)C#N.[C-]#[N+]C([N+]#[C-])=C(C#N)C([N+]#[C-])=C(C#N)C#N.[C-]#[N+]C([N+]#[C-])=c1c(F)c(F)c(=C(C#N)C#N)c(F)c1F.[C-]#[N+]C([N+]#[C-])=c1ccc(=C(C#N)C#N)cc1.[C-]#[N+]C([N+]#[C-])=c1ccc2cc(=C(C#N)C#N)ccc2c1.[C-]#[N+]C([N+]#[C-])=c1nc2ccc3nc(=C(C#N)C#N)nc4ccc(n1)c2c34.[C-]#[N+]C1=C(C#N)C(=O)C(Cl)=C(Cl)C1=O. The van der Waals surface area contributed by atoms with Crippen molar-refractivity contribution in [2.75, 3.05) is 0 Å². The Kier molecular flexibility index (Phi) is 40.7. The molecule has 0 atom stereocenters. The lowest BCUT2D eigenvalue weighted by molar-refractivity contribution is -0.115. The Morgan fingerprint density at radius 1 is 0.300 bits per heavy atom. The molecule has 0 amide bonds. The van der Waals surface area contributed by atoms with Crippen molar-refractivity contribution in [1.29, 1.82) is 94.7 Å². The first-order chi connectivity index (χ1) is 67.3. The highest BCUT2D eigenvalue weighted by Gasteiger charge is 2.40. The molecule has 0 aliphatic heterocycles. The van der Waals surface area contributed by atoms with E-state index in [2.05, 4.69) is 97.5 Å². The van der Waals surface area contributed by atoms with Crippen molar-refractivity contribution >= 4 is 124 Å². The van der Waals surface area contributed by atoms with E-state index in [4.69, 9.17) is 223 Å². The highest BCUT2D eigenvalue weighted by Crippen LogP contribution is 2.51.